The Hall–Kier alpha value is -2.43. The molecule has 0 saturated carbocycles. The molecule has 0 aliphatic heterocycles. The summed E-state index contributed by atoms with van der Waals surface area (Å²) < 4.78 is 13.2. The molecule has 0 atom stereocenters. The average Bonchev–Trinajstić information content (AvgIpc) is 2.48. The van der Waals surface area contributed by atoms with Crippen LogP contribution in [0.5, 0.6) is 0 Å². The second-order valence-corrected chi connectivity index (χ2v) is 4.47. The molecule has 1 heterocycles. The monoisotopic (exact) mass is 273 g/mol. The summed E-state index contributed by atoms with van der Waals surface area (Å²) in [6, 6.07) is 8.69. The van der Waals surface area contributed by atoms with Crippen LogP contribution in [0, 0.1) is 5.82 Å². The van der Waals surface area contributed by atoms with Gasteiger partial charge < -0.3 is 10.6 Å². The van der Waals surface area contributed by atoms with E-state index in [2.05, 4.69) is 11.9 Å². The quantitative estimate of drug-likeness (QED) is 0.935. The van der Waals surface area contributed by atoms with E-state index in [0.717, 1.165) is 24.4 Å². The van der Waals surface area contributed by atoms with Crippen LogP contribution < -0.4 is 10.6 Å². The van der Waals surface area contributed by atoms with Crippen molar-refractivity contribution < 1.29 is 9.18 Å². The molecule has 0 bridgehead atoms. The number of halogens is 1. The zero-order chi connectivity index (χ0) is 14.7. The third kappa shape index (κ3) is 2.77. The van der Waals surface area contributed by atoms with Crippen molar-refractivity contribution in [2.45, 2.75) is 13.3 Å². The van der Waals surface area contributed by atoms with E-state index in [-0.39, 0.29) is 11.4 Å². The van der Waals surface area contributed by atoms with E-state index in [1.165, 1.54) is 10.5 Å². The molecule has 0 fully saturated rings. The predicted molar refractivity (Wildman–Crippen MR) is 77.2 cm³/mol. The molecule has 5 heteroatoms. The lowest BCUT2D eigenvalue weighted by atomic mass is 10.1. The van der Waals surface area contributed by atoms with Crippen LogP contribution in [0.15, 0.2) is 36.5 Å². The molecule has 0 aliphatic rings. The third-order valence-corrected chi connectivity index (χ3v) is 3.15. The van der Waals surface area contributed by atoms with Gasteiger partial charge in [0.2, 0.25) is 0 Å². The fourth-order valence-corrected chi connectivity index (χ4v) is 1.87. The molecule has 1 amide bonds. The number of aryl methyl sites for hydroxylation is 1. The van der Waals surface area contributed by atoms with Gasteiger partial charge in [0.15, 0.2) is 0 Å². The highest BCUT2D eigenvalue weighted by molar-refractivity contribution is 6.08. The van der Waals surface area contributed by atoms with Gasteiger partial charge >= 0.3 is 0 Å². The van der Waals surface area contributed by atoms with E-state index in [1.54, 1.807) is 7.05 Å². The Morgan fingerprint density at radius 2 is 2.00 bits per heavy atom. The highest BCUT2D eigenvalue weighted by Crippen LogP contribution is 2.19. The first-order chi connectivity index (χ1) is 9.52. The molecular weight excluding hydrogens is 257 g/mol. The van der Waals surface area contributed by atoms with Crippen LogP contribution in [0.2, 0.25) is 0 Å². The van der Waals surface area contributed by atoms with Crippen LogP contribution in [0.3, 0.4) is 0 Å². The zero-order valence-corrected chi connectivity index (χ0v) is 11.4. The van der Waals surface area contributed by atoms with Gasteiger partial charge in [0.25, 0.3) is 5.91 Å². The zero-order valence-electron chi connectivity index (χ0n) is 11.4. The smallest absolute Gasteiger partial charge is 0.261 e. The molecule has 1 aromatic carbocycles. The van der Waals surface area contributed by atoms with E-state index in [0.29, 0.717) is 0 Å². The summed E-state index contributed by atoms with van der Waals surface area (Å²) >= 11 is 0. The molecule has 104 valence electrons. The maximum Gasteiger partial charge on any atom is 0.261 e. The number of amides is 1. The number of carbonyl (C=O) groups excluding carboxylic acids is 1. The van der Waals surface area contributed by atoms with Crippen molar-refractivity contribution in [1.82, 2.24) is 4.98 Å². The Morgan fingerprint density at radius 3 is 2.60 bits per heavy atom. The number of anilines is 2. The number of carbonyl (C=O) groups is 1. The Labute approximate surface area is 117 Å². The molecule has 2 N–H and O–H groups in total. The summed E-state index contributed by atoms with van der Waals surface area (Å²) in [5.41, 5.74) is 7.59. The van der Waals surface area contributed by atoms with Gasteiger partial charge in [-0.15, -0.1) is 0 Å². The SMILES string of the molecule is CCc1ccc(N(C)C(=O)c2cc(F)cnc2N)cc1. The summed E-state index contributed by atoms with van der Waals surface area (Å²) in [5, 5.41) is 0. The first-order valence-electron chi connectivity index (χ1n) is 6.31. The van der Waals surface area contributed by atoms with Crippen molar-refractivity contribution in [3.8, 4) is 0 Å². The van der Waals surface area contributed by atoms with Gasteiger partial charge in [-0.3, -0.25) is 4.79 Å². The van der Waals surface area contributed by atoms with E-state index >= 15 is 0 Å². The molecule has 4 nitrogen and oxygen atoms in total. The van der Waals surface area contributed by atoms with Gasteiger partial charge in [0.05, 0.1) is 11.8 Å². The molecule has 0 unspecified atom stereocenters. The van der Waals surface area contributed by atoms with Crippen LogP contribution in [0.1, 0.15) is 22.8 Å². The van der Waals surface area contributed by atoms with Gasteiger partial charge in [-0.05, 0) is 30.2 Å². The summed E-state index contributed by atoms with van der Waals surface area (Å²) in [7, 11) is 1.62. The van der Waals surface area contributed by atoms with Gasteiger partial charge in [-0.1, -0.05) is 19.1 Å². The molecule has 0 aliphatic carbocycles. The fraction of sp³-hybridized carbons (Fsp3) is 0.200. The maximum absolute atomic E-state index is 13.2. The van der Waals surface area contributed by atoms with Crippen LogP contribution in [-0.4, -0.2) is 17.9 Å². The van der Waals surface area contributed by atoms with Gasteiger partial charge in [0.1, 0.15) is 11.6 Å². The van der Waals surface area contributed by atoms with Crippen molar-refractivity contribution in [1.29, 1.82) is 0 Å². The van der Waals surface area contributed by atoms with E-state index < -0.39 is 11.7 Å². The Balaban J connectivity index is 2.29. The minimum absolute atomic E-state index is 0.0217. The minimum Gasteiger partial charge on any atom is -0.383 e. The molecule has 0 saturated heterocycles. The number of pyridine rings is 1. The lowest BCUT2D eigenvalue weighted by Crippen LogP contribution is -2.27. The molecule has 1 aromatic heterocycles. The largest absolute Gasteiger partial charge is 0.383 e. The molecule has 2 aromatic rings. The van der Waals surface area contributed by atoms with Crippen molar-refractivity contribution in [3.63, 3.8) is 0 Å². The van der Waals surface area contributed by atoms with Crippen molar-refractivity contribution in [2.24, 2.45) is 0 Å². The molecule has 2 rings (SSSR count). The van der Waals surface area contributed by atoms with Crippen molar-refractivity contribution in [2.75, 3.05) is 17.7 Å². The predicted octanol–water partition coefficient (Wildman–Crippen LogP) is 2.64. The number of rotatable bonds is 3. The topological polar surface area (TPSA) is 59.2 Å². The molecule has 0 spiro atoms. The van der Waals surface area contributed by atoms with Crippen molar-refractivity contribution in [3.05, 3.63) is 53.5 Å². The third-order valence-electron chi connectivity index (χ3n) is 3.15. The second kappa shape index (κ2) is 5.69. The lowest BCUT2D eigenvalue weighted by Gasteiger charge is -2.18. The number of nitrogen functional groups attached to an aromatic ring is 1. The Kier molecular flexibility index (Phi) is 3.98. The first kappa shape index (κ1) is 14.0. The number of nitrogens with zero attached hydrogens (tertiary/aromatic N) is 2. The Morgan fingerprint density at radius 1 is 1.35 bits per heavy atom. The van der Waals surface area contributed by atoms with Crippen molar-refractivity contribution >= 4 is 17.4 Å². The van der Waals surface area contributed by atoms with Gasteiger partial charge in [-0.2, -0.15) is 0 Å². The highest BCUT2D eigenvalue weighted by Gasteiger charge is 2.17. The number of hydrogen-bond donors (Lipinski definition) is 1. The Bertz CT molecular complexity index is 626. The standard InChI is InChI=1S/C15H16FN3O/c1-3-10-4-6-12(7-5-10)19(2)15(20)13-8-11(16)9-18-14(13)17/h4-9H,3H2,1-2H3,(H2,17,18). The molecule has 20 heavy (non-hydrogen) atoms. The van der Waals surface area contributed by atoms with Gasteiger partial charge in [0, 0.05) is 12.7 Å². The summed E-state index contributed by atoms with van der Waals surface area (Å²) in [4.78, 5) is 17.4. The van der Waals surface area contributed by atoms with E-state index in [4.69, 9.17) is 5.73 Å². The van der Waals surface area contributed by atoms with E-state index in [1.807, 2.05) is 24.3 Å². The number of hydrogen-bond acceptors (Lipinski definition) is 3. The number of benzene rings is 1. The lowest BCUT2D eigenvalue weighted by molar-refractivity contribution is 0.0993. The summed E-state index contributed by atoms with van der Waals surface area (Å²) in [6.45, 7) is 2.06. The van der Waals surface area contributed by atoms with Crippen LogP contribution in [0.4, 0.5) is 15.9 Å². The minimum atomic E-state index is -0.586. The van der Waals surface area contributed by atoms with Crippen LogP contribution in [-0.2, 0) is 6.42 Å². The highest BCUT2D eigenvalue weighted by atomic mass is 19.1. The summed E-state index contributed by atoms with van der Waals surface area (Å²) in [5.74, 6) is -0.954. The second-order valence-electron chi connectivity index (χ2n) is 4.47. The van der Waals surface area contributed by atoms with Gasteiger partial charge in [-0.25, -0.2) is 9.37 Å². The first-order valence-corrected chi connectivity index (χ1v) is 6.31. The number of aromatic nitrogens is 1. The maximum atomic E-state index is 13.2. The number of nitrogens with two attached hydrogens (primary N) is 1. The molecular formula is C15H16FN3O. The average molecular weight is 273 g/mol. The fourth-order valence-electron chi connectivity index (χ4n) is 1.87. The van der Waals surface area contributed by atoms with Crippen LogP contribution >= 0.6 is 0 Å². The van der Waals surface area contributed by atoms with E-state index in [9.17, 15) is 9.18 Å². The molecule has 0 radical (unpaired) electrons. The normalized spacial score (nSPS) is 10.3. The summed E-state index contributed by atoms with van der Waals surface area (Å²) in [6.07, 6.45) is 1.92. The van der Waals surface area contributed by atoms with Crippen LogP contribution in [0.25, 0.3) is 0 Å².